The Hall–Kier alpha value is -1.82. The van der Waals surface area contributed by atoms with E-state index >= 15 is 0 Å². The molecule has 6 heteroatoms. The number of hydrogen-bond donors (Lipinski definition) is 1. The van der Waals surface area contributed by atoms with Gasteiger partial charge in [-0.05, 0) is 29.8 Å². The SMILES string of the molecule is Cn1nccc1-c1cc(CO)cc(C(F)(F)F)c1. The lowest BCUT2D eigenvalue weighted by molar-refractivity contribution is -0.137. The van der Waals surface area contributed by atoms with E-state index in [0.29, 0.717) is 11.3 Å². The monoisotopic (exact) mass is 256 g/mol. The van der Waals surface area contributed by atoms with Crippen molar-refractivity contribution < 1.29 is 18.3 Å². The molecule has 0 aliphatic carbocycles. The summed E-state index contributed by atoms with van der Waals surface area (Å²) in [7, 11) is 1.65. The number of halogens is 3. The predicted octanol–water partition coefficient (Wildman–Crippen LogP) is 2.60. The Morgan fingerprint density at radius 1 is 1.28 bits per heavy atom. The molecule has 0 spiro atoms. The molecule has 18 heavy (non-hydrogen) atoms. The summed E-state index contributed by atoms with van der Waals surface area (Å²) in [4.78, 5) is 0. The fourth-order valence-electron chi connectivity index (χ4n) is 1.75. The van der Waals surface area contributed by atoms with Crippen LogP contribution in [-0.2, 0) is 19.8 Å². The third kappa shape index (κ3) is 2.38. The van der Waals surface area contributed by atoms with Crippen molar-refractivity contribution in [2.24, 2.45) is 7.05 Å². The van der Waals surface area contributed by atoms with E-state index in [1.54, 1.807) is 13.1 Å². The highest BCUT2D eigenvalue weighted by molar-refractivity contribution is 5.61. The highest BCUT2D eigenvalue weighted by Gasteiger charge is 2.31. The van der Waals surface area contributed by atoms with Crippen molar-refractivity contribution in [1.29, 1.82) is 0 Å². The molecule has 96 valence electrons. The van der Waals surface area contributed by atoms with Crippen LogP contribution >= 0.6 is 0 Å². The molecule has 3 nitrogen and oxygen atoms in total. The summed E-state index contributed by atoms with van der Waals surface area (Å²) in [5.41, 5.74) is 0.399. The summed E-state index contributed by atoms with van der Waals surface area (Å²) in [5, 5.41) is 12.9. The minimum atomic E-state index is -4.43. The summed E-state index contributed by atoms with van der Waals surface area (Å²) < 4.78 is 39.6. The second-order valence-electron chi connectivity index (χ2n) is 3.91. The number of aryl methyl sites for hydroxylation is 1. The second-order valence-corrected chi connectivity index (χ2v) is 3.91. The molecule has 0 bridgehead atoms. The third-order valence-corrected chi connectivity index (χ3v) is 2.62. The Labute approximate surface area is 101 Å². The molecule has 0 saturated heterocycles. The van der Waals surface area contributed by atoms with Crippen molar-refractivity contribution in [3.05, 3.63) is 41.6 Å². The normalized spacial score (nSPS) is 11.8. The molecule has 0 aliphatic rings. The van der Waals surface area contributed by atoms with Crippen LogP contribution < -0.4 is 0 Å². The second kappa shape index (κ2) is 4.45. The Bertz CT molecular complexity index is 561. The number of alkyl halides is 3. The van der Waals surface area contributed by atoms with Crippen molar-refractivity contribution in [2.75, 3.05) is 0 Å². The minimum Gasteiger partial charge on any atom is -0.392 e. The number of aliphatic hydroxyl groups excluding tert-OH is 1. The van der Waals surface area contributed by atoms with Gasteiger partial charge in [-0.3, -0.25) is 4.68 Å². The zero-order chi connectivity index (χ0) is 13.3. The fourth-order valence-corrected chi connectivity index (χ4v) is 1.75. The topological polar surface area (TPSA) is 38.0 Å². The molecule has 1 aromatic heterocycles. The van der Waals surface area contributed by atoms with Gasteiger partial charge in [0.2, 0.25) is 0 Å². The van der Waals surface area contributed by atoms with Gasteiger partial charge < -0.3 is 5.11 Å². The number of nitrogens with zero attached hydrogens (tertiary/aromatic N) is 2. The van der Waals surface area contributed by atoms with Crippen LogP contribution in [0.3, 0.4) is 0 Å². The first-order chi connectivity index (χ1) is 8.41. The van der Waals surface area contributed by atoms with E-state index in [1.165, 1.54) is 16.9 Å². The quantitative estimate of drug-likeness (QED) is 0.896. The maximum Gasteiger partial charge on any atom is 0.416 e. The largest absolute Gasteiger partial charge is 0.416 e. The maximum atomic E-state index is 12.7. The molecule has 1 N–H and O–H groups in total. The Morgan fingerprint density at radius 3 is 2.50 bits per heavy atom. The molecule has 0 fully saturated rings. The van der Waals surface area contributed by atoms with Crippen LogP contribution in [0.1, 0.15) is 11.1 Å². The molecule has 0 unspecified atom stereocenters. The molecule has 0 amide bonds. The predicted molar refractivity (Wildman–Crippen MR) is 59.6 cm³/mol. The number of rotatable bonds is 2. The van der Waals surface area contributed by atoms with E-state index in [2.05, 4.69) is 5.10 Å². The van der Waals surface area contributed by atoms with Gasteiger partial charge in [-0.2, -0.15) is 18.3 Å². The van der Waals surface area contributed by atoms with E-state index in [9.17, 15) is 13.2 Å². The highest BCUT2D eigenvalue weighted by Crippen LogP contribution is 2.33. The van der Waals surface area contributed by atoms with Crippen LogP contribution in [0, 0.1) is 0 Å². The zero-order valence-electron chi connectivity index (χ0n) is 9.57. The fraction of sp³-hybridized carbons (Fsp3) is 0.250. The summed E-state index contributed by atoms with van der Waals surface area (Å²) in [5.74, 6) is 0. The van der Waals surface area contributed by atoms with E-state index < -0.39 is 18.3 Å². The Balaban J connectivity index is 2.58. The van der Waals surface area contributed by atoms with Crippen molar-refractivity contribution >= 4 is 0 Å². The van der Waals surface area contributed by atoms with Gasteiger partial charge in [0.15, 0.2) is 0 Å². The lowest BCUT2D eigenvalue weighted by atomic mass is 10.0. The van der Waals surface area contributed by atoms with E-state index in [-0.39, 0.29) is 5.56 Å². The van der Waals surface area contributed by atoms with Crippen LogP contribution in [-0.4, -0.2) is 14.9 Å². The molecule has 0 atom stereocenters. The van der Waals surface area contributed by atoms with E-state index in [1.807, 2.05) is 0 Å². The van der Waals surface area contributed by atoms with Gasteiger partial charge in [0, 0.05) is 18.8 Å². The molecule has 1 heterocycles. The van der Waals surface area contributed by atoms with Crippen molar-refractivity contribution in [2.45, 2.75) is 12.8 Å². The summed E-state index contributed by atoms with van der Waals surface area (Å²) in [6.45, 7) is -0.436. The molecular weight excluding hydrogens is 245 g/mol. The average Bonchev–Trinajstić information content (AvgIpc) is 2.73. The summed E-state index contributed by atoms with van der Waals surface area (Å²) in [6, 6.07) is 5.14. The first kappa shape index (κ1) is 12.6. The average molecular weight is 256 g/mol. The minimum absolute atomic E-state index is 0.223. The van der Waals surface area contributed by atoms with Gasteiger partial charge in [-0.15, -0.1) is 0 Å². The first-order valence-electron chi connectivity index (χ1n) is 5.22. The summed E-state index contributed by atoms with van der Waals surface area (Å²) >= 11 is 0. The Kier molecular flexibility index (Phi) is 3.13. The van der Waals surface area contributed by atoms with E-state index in [0.717, 1.165) is 12.1 Å². The maximum absolute atomic E-state index is 12.7. The van der Waals surface area contributed by atoms with Crippen LogP contribution in [0.5, 0.6) is 0 Å². The molecule has 0 saturated carbocycles. The number of benzene rings is 1. The van der Waals surface area contributed by atoms with Gasteiger partial charge >= 0.3 is 6.18 Å². The third-order valence-electron chi connectivity index (χ3n) is 2.62. The van der Waals surface area contributed by atoms with Crippen LogP contribution in [0.15, 0.2) is 30.5 Å². The van der Waals surface area contributed by atoms with Crippen molar-refractivity contribution in [3.63, 3.8) is 0 Å². The molecule has 2 aromatic rings. The zero-order valence-corrected chi connectivity index (χ0v) is 9.57. The standard InChI is InChI=1S/C12H11F3N2O/c1-17-11(2-3-16-17)9-4-8(7-18)5-10(6-9)12(13,14)15/h2-6,18H,7H2,1H3. The highest BCUT2D eigenvalue weighted by atomic mass is 19.4. The number of aliphatic hydroxyl groups is 1. The smallest absolute Gasteiger partial charge is 0.392 e. The molecule has 2 rings (SSSR count). The van der Waals surface area contributed by atoms with Crippen molar-refractivity contribution in [3.8, 4) is 11.3 Å². The lowest BCUT2D eigenvalue weighted by Crippen LogP contribution is -2.06. The van der Waals surface area contributed by atoms with Gasteiger partial charge in [-0.25, -0.2) is 0 Å². The molecular formula is C12H11F3N2O. The Morgan fingerprint density at radius 2 is 2.00 bits per heavy atom. The summed E-state index contributed by atoms with van der Waals surface area (Å²) in [6.07, 6.45) is -2.92. The van der Waals surface area contributed by atoms with E-state index in [4.69, 9.17) is 5.11 Å². The number of aromatic nitrogens is 2. The van der Waals surface area contributed by atoms with Gasteiger partial charge in [0.05, 0.1) is 17.9 Å². The first-order valence-corrected chi connectivity index (χ1v) is 5.22. The van der Waals surface area contributed by atoms with Gasteiger partial charge in [0.1, 0.15) is 0 Å². The van der Waals surface area contributed by atoms with Crippen LogP contribution in [0.2, 0.25) is 0 Å². The van der Waals surface area contributed by atoms with Crippen LogP contribution in [0.25, 0.3) is 11.3 Å². The molecule has 1 aromatic carbocycles. The van der Waals surface area contributed by atoms with Gasteiger partial charge in [-0.1, -0.05) is 0 Å². The van der Waals surface area contributed by atoms with Gasteiger partial charge in [0.25, 0.3) is 0 Å². The lowest BCUT2D eigenvalue weighted by Gasteiger charge is -2.11. The number of hydrogen-bond acceptors (Lipinski definition) is 2. The molecule has 0 aliphatic heterocycles. The van der Waals surface area contributed by atoms with Crippen molar-refractivity contribution in [1.82, 2.24) is 9.78 Å². The molecule has 0 radical (unpaired) electrons. The van der Waals surface area contributed by atoms with Crippen LogP contribution in [0.4, 0.5) is 13.2 Å².